The normalized spacial score (nSPS) is 55.7. The highest BCUT2D eigenvalue weighted by atomic mass is 16.7. The second-order valence-electron chi connectivity index (χ2n) is 21.6. The minimum atomic E-state index is -2.07. The molecule has 0 amide bonds. The molecule has 2 unspecified atom stereocenters. The van der Waals surface area contributed by atoms with E-state index in [1.807, 2.05) is 6.92 Å². The summed E-state index contributed by atoms with van der Waals surface area (Å²) >= 11 is 0. The van der Waals surface area contributed by atoms with Crippen LogP contribution in [0.5, 0.6) is 0 Å². The number of esters is 1. The third-order valence-corrected chi connectivity index (χ3v) is 18.0. The Morgan fingerprint density at radius 2 is 1.49 bits per heavy atom. The molecule has 0 bridgehead atoms. The van der Waals surface area contributed by atoms with Gasteiger partial charge >= 0.3 is 5.97 Å². The maximum atomic E-state index is 13.5. The van der Waals surface area contributed by atoms with Gasteiger partial charge in [0.25, 0.3) is 0 Å². The summed E-state index contributed by atoms with van der Waals surface area (Å²) in [5, 5.41) is 99.1. The van der Waals surface area contributed by atoms with Crippen LogP contribution in [0.3, 0.4) is 0 Å². The van der Waals surface area contributed by atoms with Gasteiger partial charge in [-0.05, 0) is 105 Å². The Labute approximate surface area is 346 Å². The van der Waals surface area contributed by atoms with Gasteiger partial charge in [0.2, 0.25) is 0 Å². The number of fused-ring (bicyclic) bond motifs is 4. The van der Waals surface area contributed by atoms with Crippen molar-refractivity contribution in [1.29, 1.82) is 0 Å². The number of ether oxygens (including phenoxy) is 6. The molecule has 8 aliphatic rings. The van der Waals surface area contributed by atoms with E-state index in [1.165, 1.54) is 20.8 Å². The largest absolute Gasteiger partial charge is 0.457 e. The highest BCUT2D eigenvalue weighted by Crippen LogP contribution is 2.90. The minimum absolute atomic E-state index is 0.0179. The second-order valence-corrected chi connectivity index (χ2v) is 21.6. The molecule has 16 nitrogen and oxygen atoms in total. The standard InChI is InChI=1S/C43H70O16/c1-19-15-22(33(38(5,6)52)55-20(2)45)59-43(53)32(19)39(7)13-14-42-18-41(42)12-11-26(57-34-30(50)27(47)21(46)17-54-34)37(3,4)24(41)9-10-25(42)40(39,8)36(43)58-35-31(51)29(49)28(48)23(16-44)56-35/h19,21-36,44,46-53H,9-18H2,1-8H3/t19-,21-,22-,23-,24+,25?,26+,27+,28-,29+,30-,31-,32?,33-,34+,35+,36-,39-,40-,41-,42+,43-/m1/s1. The van der Waals surface area contributed by atoms with Crippen molar-refractivity contribution in [2.45, 2.75) is 198 Å². The molecule has 3 heterocycles. The fourth-order valence-corrected chi connectivity index (χ4v) is 15.3. The predicted octanol–water partition coefficient (Wildman–Crippen LogP) is 0.471. The molecule has 0 aromatic rings. The molecule has 9 N–H and O–H groups in total. The van der Waals surface area contributed by atoms with Crippen molar-refractivity contribution in [2.75, 3.05) is 13.2 Å². The molecule has 5 aliphatic carbocycles. The third-order valence-electron chi connectivity index (χ3n) is 18.0. The third kappa shape index (κ3) is 6.16. The Kier molecular flexibility index (Phi) is 10.9. The van der Waals surface area contributed by atoms with E-state index in [0.29, 0.717) is 12.8 Å². The van der Waals surface area contributed by atoms with Crippen LogP contribution in [0, 0.1) is 50.7 Å². The SMILES string of the molecule is CC(=O)O[C@H]([C@H]1C[C@@H](C)C2[C@@](O)(O1)[C@H](O[C@@H]1O[C@H](CO)[C@@H](O)[C@H](O)[C@H]1O)[C@@]1(C)C3CC[C@H]4C(C)(C)[C@@H](O[C@@H]5OC[C@@H](O)[C@H](O)[C@H]5O)CC[C@@]45C[C@@]35CC[C@]21C)C(C)(C)O. The first kappa shape index (κ1) is 44.5. The molecule has 16 heteroatoms. The topological polar surface area (TPSA) is 255 Å². The zero-order valence-corrected chi connectivity index (χ0v) is 35.8. The van der Waals surface area contributed by atoms with Gasteiger partial charge in [-0.3, -0.25) is 4.79 Å². The van der Waals surface area contributed by atoms with E-state index in [2.05, 4.69) is 27.7 Å². The van der Waals surface area contributed by atoms with Gasteiger partial charge in [-0.25, -0.2) is 0 Å². The molecule has 338 valence electrons. The lowest BCUT2D eigenvalue weighted by molar-refractivity contribution is -0.384. The lowest BCUT2D eigenvalue weighted by Gasteiger charge is -2.64. The Morgan fingerprint density at radius 1 is 0.847 bits per heavy atom. The molecule has 2 spiro atoms. The van der Waals surface area contributed by atoms with E-state index in [4.69, 9.17) is 28.4 Å². The molecule has 0 aromatic heterocycles. The van der Waals surface area contributed by atoms with E-state index < -0.39 is 114 Å². The Hall–Kier alpha value is -1.09. The first-order valence-electron chi connectivity index (χ1n) is 21.9. The number of carbonyl (C=O) groups excluding carboxylic acids is 1. The van der Waals surface area contributed by atoms with Gasteiger partial charge in [0.1, 0.15) is 54.9 Å². The van der Waals surface area contributed by atoms with Gasteiger partial charge in [-0.2, -0.15) is 0 Å². The van der Waals surface area contributed by atoms with Gasteiger partial charge < -0.3 is 74.4 Å². The average Bonchev–Trinajstić information content (AvgIpc) is 3.79. The van der Waals surface area contributed by atoms with Gasteiger partial charge in [0.15, 0.2) is 24.5 Å². The monoisotopic (exact) mass is 842 g/mol. The van der Waals surface area contributed by atoms with Crippen molar-refractivity contribution in [3.8, 4) is 0 Å². The predicted molar refractivity (Wildman–Crippen MR) is 204 cm³/mol. The van der Waals surface area contributed by atoms with Crippen molar-refractivity contribution < 1.29 is 79.2 Å². The van der Waals surface area contributed by atoms with Gasteiger partial charge in [-0.15, -0.1) is 0 Å². The maximum absolute atomic E-state index is 13.5. The first-order chi connectivity index (χ1) is 27.4. The van der Waals surface area contributed by atoms with Crippen LogP contribution in [-0.4, -0.2) is 156 Å². The Balaban J connectivity index is 1.17. The highest BCUT2D eigenvalue weighted by Gasteiger charge is 2.87. The fraction of sp³-hybridized carbons (Fsp3) is 0.977. The van der Waals surface area contributed by atoms with Gasteiger partial charge in [0, 0.05) is 18.3 Å². The number of hydrogen-bond donors (Lipinski definition) is 9. The highest BCUT2D eigenvalue weighted by molar-refractivity contribution is 5.66. The summed E-state index contributed by atoms with van der Waals surface area (Å²) in [5.74, 6) is -3.23. The molecule has 59 heavy (non-hydrogen) atoms. The molecule has 3 aliphatic heterocycles. The zero-order valence-electron chi connectivity index (χ0n) is 35.8. The summed E-state index contributed by atoms with van der Waals surface area (Å²) < 4.78 is 37.6. The smallest absolute Gasteiger partial charge is 0.303 e. The summed E-state index contributed by atoms with van der Waals surface area (Å²) in [5.41, 5.74) is -3.61. The van der Waals surface area contributed by atoms with Gasteiger partial charge in [-0.1, -0.05) is 34.6 Å². The van der Waals surface area contributed by atoms with Crippen molar-refractivity contribution in [3.63, 3.8) is 0 Å². The van der Waals surface area contributed by atoms with Crippen LogP contribution >= 0.6 is 0 Å². The molecule has 3 saturated heterocycles. The van der Waals surface area contributed by atoms with Crippen LogP contribution < -0.4 is 0 Å². The van der Waals surface area contributed by atoms with Crippen molar-refractivity contribution in [2.24, 2.45) is 50.7 Å². The van der Waals surface area contributed by atoms with Crippen LogP contribution in [-0.2, 0) is 33.2 Å². The quantitative estimate of drug-likeness (QED) is 0.119. The van der Waals surface area contributed by atoms with Crippen LogP contribution in [0.15, 0.2) is 0 Å². The summed E-state index contributed by atoms with van der Waals surface area (Å²) in [6, 6.07) is 0. The molecule has 8 rings (SSSR count). The van der Waals surface area contributed by atoms with E-state index in [-0.39, 0.29) is 46.7 Å². The summed E-state index contributed by atoms with van der Waals surface area (Å²) in [6.45, 7) is 14.3. The summed E-state index contributed by atoms with van der Waals surface area (Å²) in [4.78, 5) is 12.4. The fourth-order valence-electron chi connectivity index (χ4n) is 15.3. The number of hydrogen-bond acceptors (Lipinski definition) is 16. The number of rotatable bonds is 8. The number of carbonyl (C=O) groups is 1. The van der Waals surface area contributed by atoms with Crippen molar-refractivity contribution >= 4 is 5.97 Å². The molecule has 0 radical (unpaired) electrons. The molecule has 8 fully saturated rings. The lowest BCUT2D eigenvalue weighted by atomic mass is 9.41. The van der Waals surface area contributed by atoms with Crippen molar-refractivity contribution in [1.82, 2.24) is 0 Å². The molecule has 5 saturated carbocycles. The Morgan fingerprint density at radius 3 is 2.14 bits per heavy atom. The number of aliphatic hydroxyl groups is 9. The van der Waals surface area contributed by atoms with Crippen LogP contribution in [0.1, 0.15) is 107 Å². The second kappa shape index (κ2) is 14.5. The first-order valence-corrected chi connectivity index (χ1v) is 21.9. The van der Waals surface area contributed by atoms with Crippen LogP contribution in [0.4, 0.5) is 0 Å². The summed E-state index contributed by atoms with van der Waals surface area (Å²) in [7, 11) is 0. The van der Waals surface area contributed by atoms with Gasteiger partial charge in [0.05, 0.1) is 24.9 Å². The minimum Gasteiger partial charge on any atom is -0.457 e. The summed E-state index contributed by atoms with van der Waals surface area (Å²) in [6.07, 6.45) is -10.5. The number of aliphatic hydroxyl groups excluding tert-OH is 7. The van der Waals surface area contributed by atoms with E-state index in [0.717, 1.165) is 38.5 Å². The van der Waals surface area contributed by atoms with E-state index in [1.54, 1.807) is 0 Å². The molecule has 22 atom stereocenters. The maximum Gasteiger partial charge on any atom is 0.303 e. The van der Waals surface area contributed by atoms with E-state index in [9.17, 15) is 50.8 Å². The van der Waals surface area contributed by atoms with Crippen LogP contribution in [0.2, 0.25) is 0 Å². The zero-order chi connectivity index (χ0) is 43.2. The lowest BCUT2D eigenvalue weighted by Crippen LogP contribution is -2.65. The van der Waals surface area contributed by atoms with Crippen molar-refractivity contribution in [3.05, 3.63) is 0 Å². The molecular weight excluding hydrogens is 772 g/mol. The Bertz CT molecular complexity index is 1600. The molecule has 0 aromatic carbocycles. The molecular formula is C43H70O16. The average molecular weight is 843 g/mol. The van der Waals surface area contributed by atoms with E-state index >= 15 is 0 Å². The van der Waals surface area contributed by atoms with Crippen LogP contribution in [0.25, 0.3) is 0 Å².